The minimum atomic E-state index is -0.362. The molecular weight excluding hydrogens is 176 g/mol. The molecule has 0 amide bonds. The molecule has 3 nitrogen and oxygen atoms in total. The summed E-state index contributed by atoms with van der Waals surface area (Å²) in [6, 6.07) is 6.24. The van der Waals surface area contributed by atoms with Crippen LogP contribution in [0.15, 0.2) is 18.2 Å². The molecule has 3 heteroatoms. The van der Waals surface area contributed by atoms with Gasteiger partial charge >= 0.3 is 0 Å². The zero-order valence-electron chi connectivity index (χ0n) is 8.62. The number of nitrogens with one attached hydrogen (secondary N) is 1. The number of fused-ring (bicyclic) bond motifs is 1. The molecule has 1 aliphatic rings. The van der Waals surface area contributed by atoms with E-state index >= 15 is 0 Å². The van der Waals surface area contributed by atoms with Gasteiger partial charge in [0.1, 0.15) is 0 Å². The maximum Gasteiger partial charge on any atom is 0.0918 e. The summed E-state index contributed by atoms with van der Waals surface area (Å²) in [6.07, 6.45) is -0.362. The average molecular weight is 192 g/mol. The fourth-order valence-corrected chi connectivity index (χ4v) is 1.79. The number of benzene rings is 1. The summed E-state index contributed by atoms with van der Waals surface area (Å²) in [5.74, 6) is 0. The van der Waals surface area contributed by atoms with E-state index in [0.717, 1.165) is 17.8 Å². The largest absolute Gasteiger partial charge is 0.387 e. The average Bonchev–Trinajstić information content (AvgIpc) is 2.18. The summed E-state index contributed by atoms with van der Waals surface area (Å²) in [6.45, 7) is 1.52. The lowest BCUT2D eigenvalue weighted by Gasteiger charge is -2.24. The van der Waals surface area contributed by atoms with Crippen molar-refractivity contribution in [1.82, 2.24) is 5.32 Å². The highest BCUT2D eigenvalue weighted by atomic mass is 16.3. The third kappa shape index (κ3) is 1.61. The number of hydrogen-bond acceptors (Lipinski definition) is 3. The first-order valence-corrected chi connectivity index (χ1v) is 4.87. The molecule has 0 spiro atoms. The Kier molecular flexibility index (Phi) is 2.44. The molecule has 0 aliphatic carbocycles. The molecule has 1 atom stereocenters. The molecule has 1 aliphatic heterocycles. The van der Waals surface area contributed by atoms with Crippen LogP contribution < -0.4 is 10.2 Å². The van der Waals surface area contributed by atoms with Crippen molar-refractivity contribution in [1.29, 1.82) is 0 Å². The van der Waals surface area contributed by atoms with Gasteiger partial charge < -0.3 is 15.3 Å². The monoisotopic (exact) mass is 192 g/mol. The third-order valence-corrected chi connectivity index (χ3v) is 2.66. The summed E-state index contributed by atoms with van der Waals surface area (Å²) >= 11 is 0. The Morgan fingerprint density at radius 3 is 2.93 bits per heavy atom. The fourth-order valence-electron chi connectivity index (χ4n) is 1.79. The highest BCUT2D eigenvalue weighted by Crippen LogP contribution is 2.25. The van der Waals surface area contributed by atoms with Crippen LogP contribution >= 0.6 is 0 Å². The molecule has 1 heterocycles. The van der Waals surface area contributed by atoms with Crippen LogP contribution in [-0.2, 0) is 6.54 Å². The van der Waals surface area contributed by atoms with E-state index in [1.165, 1.54) is 5.56 Å². The van der Waals surface area contributed by atoms with Crippen molar-refractivity contribution in [3.63, 3.8) is 0 Å². The van der Waals surface area contributed by atoms with Crippen molar-refractivity contribution in [2.75, 3.05) is 25.5 Å². The maximum absolute atomic E-state index is 9.79. The van der Waals surface area contributed by atoms with Gasteiger partial charge in [-0.1, -0.05) is 6.07 Å². The second-order valence-corrected chi connectivity index (χ2v) is 3.92. The second kappa shape index (κ2) is 3.59. The summed E-state index contributed by atoms with van der Waals surface area (Å²) in [5, 5.41) is 13.0. The van der Waals surface area contributed by atoms with Crippen LogP contribution in [0.2, 0.25) is 0 Å². The van der Waals surface area contributed by atoms with Gasteiger partial charge in [0.2, 0.25) is 0 Å². The predicted octanol–water partition coefficient (Wildman–Crippen LogP) is 0.889. The quantitative estimate of drug-likeness (QED) is 0.693. The molecule has 0 saturated heterocycles. The van der Waals surface area contributed by atoms with Crippen LogP contribution in [0.5, 0.6) is 0 Å². The second-order valence-electron chi connectivity index (χ2n) is 3.92. The standard InChI is InChI=1S/C11H16N2O/c1-13(2)9-4-3-8-6-12-7-11(14)10(8)5-9/h3-5,11-12,14H,6-7H2,1-2H3. The first kappa shape index (κ1) is 9.49. The van der Waals surface area contributed by atoms with Gasteiger partial charge in [0, 0.05) is 32.9 Å². The van der Waals surface area contributed by atoms with Crippen molar-refractivity contribution >= 4 is 5.69 Å². The Morgan fingerprint density at radius 1 is 1.43 bits per heavy atom. The molecule has 1 aromatic rings. The lowest BCUT2D eigenvalue weighted by atomic mass is 9.98. The number of anilines is 1. The van der Waals surface area contributed by atoms with Gasteiger partial charge in [-0.15, -0.1) is 0 Å². The Hall–Kier alpha value is -1.06. The van der Waals surface area contributed by atoms with E-state index in [0.29, 0.717) is 6.54 Å². The SMILES string of the molecule is CN(C)c1ccc2c(c1)C(O)CNC2. The topological polar surface area (TPSA) is 35.5 Å². The number of aliphatic hydroxyl groups excluding tert-OH is 1. The number of nitrogens with zero attached hydrogens (tertiary/aromatic N) is 1. The zero-order valence-corrected chi connectivity index (χ0v) is 8.62. The predicted molar refractivity (Wildman–Crippen MR) is 57.4 cm³/mol. The van der Waals surface area contributed by atoms with E-state index in [2.05, 4.69) is 28.4 Å². The Bertz CT molecular complexity index is 336. The molecule has 0 saturated carbocycles. The zero-order chi connectivity index (χ0) is 10.1. The number of hydrogen-bond donors (Lipinski definition) is 2. The molecule has 2 N–H and O–H groups in total. The smallest absolute Gasteiger partial charge is 0.0918 e. The Balaban J connectivity index is 2.41. The van der Waals surface area contributed by atoms with Crippen molar-refractivity contribution in [2.45, 2.75) is 12.6 Å². The number of β-amino-alcohol motifs (C(OH)–C–C–N with tert-alkyl or cyclic N) is 1. The van der Waals surface area contributed by atoms with Crippen LogP contribution in [0.3, 0.4) is 0 Å². The number of rotatable bonds is 1. The molecule has 76 valence electrons. The van der Waals surface area contributed by atoms with Gasteiger partial charge in [0.05, 0.1) is 6.10 Å². The van der Waals surface area contributed by atoms with Crippen LogP contribution in [0, 0.1) is 0 Å². The lowest BCUT2D eigenvalue weighted by molar-refractivity contribution is 0.165. The third-order valence-electron chi connectivity index (χ3n) is 2.66. The Morgan fingerprint density at radius 2 is 2.21 bits per heavy atom. The van der Waals surface area contributed by atoms with E-state index in [-0.39, 0.29) is 6.10 Å². The van der Waals surface area contributed by atoms with E-state index in [4.69, 9.17) is 0 Å². The molecule has 2 rings (SSSR count). The highest BCUT2D eigenvalue weighted by molar-refractivity contribution is 5.51. The molecule has 14 heavy (non-hydrogen) atoms. The van der Waals surface area contributed by atoms with Gasteiger partial charge in [-0.3, -0.25) is 0 Å². The minimum absolute atomic E-state index is 0.362. The van der Waals surface area contributed by atoms with Crippen LogP contribution in [0.25, 0.3) is 0 Å². The van der Waals surface area contributed by atoms with Crippen molar-refractivity contribution in [3.8, 4) is 0 Å². The molecule has 1 unspecified atom stereocenters. The van der Waals surface area contributed by atoms with Crippen molar-refractivity contribution in [2.24, 2.45) is 0 Å². The minimum Gasteiger partial charge on any atom is -0.387 e. The van der Waals surface area contributed by atoms with Gasteiger partial charge in [0.15, 0.2) is 0 Å². The van der Waals surface area contributed by atoms with Crippen molar-refractivity contribution < 1.29 is 5.11 Å². The Labute approximate surface area is 84.4 Å². The maximum atomic E-state index is 9.79. The normalized spacial score (nSPS) is 20.4. The lowest BCUT2D eigenvalue weighted by Crippen LogP contribution is -2.28. The van der Waals surface area contributed by atoms with Gasteiger partial charge in [0.25, 0.3) is 0 Å². The molecule has 0 radical (unpaired) electrons. The molecule has 0 fully saturated rings. The van der Waals surface area contributed by atoms with E-state index < -0.39 is 0 Å². The summed E-state index contributed by atoms with van der Waals surface area (Å²) in [7, 11) is 4.02. The fraction of sp³-hybridized carbons (Fsp3) is 0.455. The van der Waals surface area contributed by atoms with Gasteiger partial charge in [-0.2, -0.15) is 0 Å². The summed E-state index contributed by atoms with van der Waals surface area (Å²) < 4.78 is 0. The van der Waals surface area contributed by atoms with Crippen molar-refractivity contribution in [3.05, 3.63) is 29.3 Å². The van der Waals surface area contributed by atoms with Gasteiger partial charge in [-0.05, 0) is 23.3 Å². The molecule has 0 bridgehead atoms. The van der Waals surface area contributed by atoms with E-state index in [1.807, 2.05) is 14.1 Å². The van der Waals surface area contributed by atoms with E-state index in [1.54, 1.807) is 0 Å². The van der Waals surface area contributed by atoms with E-state index in [9.17, 15) is 5.11 Å². The first-order valence-electron chi connectivity index (χ1n) is 4.87. The summed E-state index contributed by atoms with van der Waals surface area (Å²) in [5.41, 5.74) is 3.41. The first-order chi connectivity index (χ1) is 6.68. The molecule has 0 aromatic heterocycles. The van der Waals surface area contributed by atoms with Gasteiger partial charge in [-0.25, -0.2) is 0 Å². The molecule has 1 aromatic carbocycles. The molecular formula is C11H16N2O. The highest BCUT2D eigenvalue weighted by Gasteiger charge is 2.17. The van der Waals surface area contributed by atoms with Crippen LogP contribution in [-0.4, -0.2) is 25.7 Å². The number of aliphatic hydroxyl groups is 1. The van der Waals surface area contributed by atoms with Crippen LogP contribution in [0.1, 0.15) is 17.2 Å². The summed E-state index contributed by atoms with van der Waals surface area (Å²) in [4.78, 5) is 2.05. The van der Waals surface area contributed by atoms with Crippen LogP contribution in [0.4, 0.5) is 5.69 Å².